The van der Waals surface area contributed by atoms with E-state index in [1.165, 1.54) is 25.1 Å². The van der Waals surface area contributed by atoms with E-state index in [2.05, 4.69) is 9.88 Å². The summed E-state index contributed by atoms with van der Waals surface area (Å²) in [6.45, 7) is 4.93. The molecule has 0 amide bonds. The van der Waals surface area contributed by atoms with Gasteiger partial charge in [0.2, 0.25) is 10.0 Å². The second-order valence-electron chi connectivity index (χ2n) is 6.09. The molecule has 0 radical (unpaired) electrons. The standard InChI is InChI=1S/C19H18F2N2O4S/c1-4-28(24,25)23-14-6-8-17(26-18-7-5-13(20)9-16(18)21)15(10-14)19-11(2)22-27-12(19)3/h5-10,23H,4H2,1-3H3. The number of hydrogen-bond acceptors (Lipinski definition) is 5. The number of halogens is 2. The third-order valence-corrected chi connectivity index (χ3v) is 5.36. The summed E-state index contributed by atoms with van der Waals surface area (Å²) in [4.78, 5) is 0. The van der Waals surface area contributed by atoms with Crippen molar-refractivity contribution >= 4 is 15.7 Å². The smallest absolute Gasteiger partial charge is 0.232 e. The number of aromatic nitrogens is 1. The minimum Gasteiger partial charge on any atom is -0.454 e. The Labute approximate surface area is 161 Å². The quantitative estimate of drug-likeness (QED) is 0.634. The second kappa shape index (κ2) is 7.59. The molecule has 9 heteroatoms. The molecule has 0 aliphatic rings. The van der Waals surface area contributed by atoms with Crippen LogP contribution in [-0.4, -0.2) is 19.3 Å². The molecule has 2 aromatic carbocycles. The molecule has 0 fully saturated rings. The largest absolute Gasteiger partial charge is 0.454 e. The van der Waals surface area contributed by atoms with Crippen molar-refractivity contribution in [2.24, 2.45) is 0 Å². The molecule has 148 valence electrons. The normalized spacial score (nSPS) is 11.5. The average molecular weight is 408 g/mol. The van der Waals surface area contributed by atoms with Crippen LogP contribution in [0.2, 0.25) is 0 Å². The van der Waals surface area contributed by atoms with Crippen molar-refractivity contribution in [3.05, 3.63) is 59.5 Å². The molecule has 0 atom stereocenters. The first-order valence-electron chi connectivity index (χ1n) is 8.41. The first-order valence-corrected chi connectivity index (χ1v) is 10.1. The molecule has 3 rings (SSSR count). The van der Waals surface area contributed by atoms with Crippen LogP contribution in [0.4, 0.5) is 14.5 Å². The van der Waals surface area contributed by atoms with E-state index in [1.54, 1.807) is 19.9 Å². The Kier molecular flexibility index (Phi) is 5.37. The molecule has 1 N–H and O–H groups in total. The molecule has 0 unspecified atom stereocenters. The second-order valence-corrected chi connectivity index (χ2v) is 8.10. The number of sulfonamides is 1. The van der Waals surface area contributed by atoms with E-state index in [9.17, 15) is 17.2 Å². The Balaban J connectivity index is 2.11. The average Bonchev–Trinajstić information content (AvgIpc) is 2.96. The maximum absolute atomic E-state index is 14.0. The summed E-state index contributed by atoms with van der Waals surface area (Å²) in [7, 11) is -3.49. The van der Waals surface area contributed by atoms with Crippen molar-refractivity contribution < 1.29 is 26.5 Å². The van der Waals surface area contributed by atoms with Gasteiger partial charge in [-0.25, -0.2) is 17.2 Å². The highest BCUT2D eigenvalue weighted by molar-refractivity contribution is 7.92. The molecule has 0 saturated carbocycles. The summed E-state index contributed by atoms with van der Waals surface area (Å²) >= 11 is 0. The van der Waals surface area contributed by atoms with Gasteiger partial charge in [0.15, 0.2) is 11.6 Å². The van der Waals surface area contributed by atoms with Gasteiger partial charge in [0.25, 0.3) is 0 Å². The zero-order valence-electron chi connectivity index (χ0n) is 15.4. The van der Waals surface area contributed by atoms with Gasteiger partial charge in [-0.15, -0.1) is 0 Å². The van der Waals surface area contributed by atoms with Crippen LogP contribution >= 0.6 is 0 Å². The Morgan fingerprint density at radius 3 is 2.43 bits per heavy atom. The zero-order valence-corrected chi connectivity index (χ0v) is 16.2. The molecule has 0 bridgehead atoms. The van der Waals surface area contributed by atoms with E-state index in [4.69, 9.17) is 9.26 Å². The summed E-state index contributed by atoms with van der Waals surface area (Å²) in [6.07, 6.45) is 0. The van der Waals surface area contributed by atoms with Crippen LogP contribution in [0.3, 0.4) is 0 Å². The van der Waals surface area contributed by atoms with E-state index < -0.39 is 21.7 Å². The number of aryl methyl sites for hydroxylation is 2. The fourth-order valence-corrected chi connectivity index (χ4v) is 3.30. The summed E-state index contributed by atoms with van der Waals surface area (Å²) in [6, 6.07) is 7.52. The number of nitrogens with zero attached hydrogens (tertiary/aromatic N) is 1. The lowest BCUT2D eigenvalue weighted by Gasteiger charge is -2.14. The van der Waals surface area contributed by atoms with Gasteiger partial charge in [0.1, 0.15) is 17.3 Å². The predicted octanol–water partition coefficient (Wildman–Crippen LogP) is 4.79. The third kappa shape index (κ3) is 4.14. The van der Waals surface area contributed by atoms with Gasteiger partial charge in [-0.3, -0.25) is 4.72 Å². The van der Waals surface area contributed by atoms with E-state index in [1.807, 2.05) is 0 Å². The molecule has 1 aromatic heterocycles. The van der Waals surface area contributed by atoms with Gasteiger partial charge >= 0.3 is 0 Å². The van der Waals surface area contributed by atoms with Crippen molar-refractivity contribution in [2.45, 2.75) is 20.8 Å². The first kappa shape index (κ1) is 19.8. The lowest BCUT2D eigenvalue weighted by molar-refractivity contribution is 0.393. The Morgan fingerprint density at radius 1 is 1.11 bits per heavy atom. The van der Waals surface area contributed by atoms with Crippen molar-refractivity contribution in [3.8, 4) is 22.6 Å². The van der Waals surface area contributed by atoms with E-state index >= 15 is 0 Å². The number of anilines is 1. The van der Waals surface area contributed by atoms with Gasteiger partial charge in [0, 0.05) is 17.3 Å². The van der Waals surface area contributed by atoms with Crippen molar-refractivity contribution in [3.63, 3.8) is 0 Å². The summed E-state index contributed by atoms with van der Waals surface area (Å²) < 4.78 is 64.3. The Morgan fingerprint density at radius 2 is 1.82 bits per heavy atom. The zero-order chi connectivity index (χ0) is 20.5. The Hall–Kier alpha value is -2.94. The topological polar surface area (TPSA) is 81.4 Å². The number of rotatable bonds is 6. The van der Waals surface area contributed by atoms with Gasteiger partial charge in [-0.2, -0.15) is 0 Å². The lowest BCUT2D eigenvalue weighted by Crippen LogP contribution is -2.14. The first-order chi connectivity index (χ1) is 13.2. The maximum atomic E-state index is 14.0. The molecule has 0 saturated heterocycles. The number of hydrogen-bond donors (Lipinski definition) is 1. The summed E-state index contributed by atoms with van der Waals surface area (Å²) in [5.41, 5.74) is 1.91. The maximum Gasteiger partial charge on any atom is 0.232 e. The van der Waals surface area contributed by atoms with Crippen molar-refractivity contribution in [1.29, 1.82) is 0 Å². The molecular weight excluding hydrogens is 390 g/mol. The molecule has 3 aromatic rings. The number of nitrogens with one attached hydrogen (secondary N) is 1. The molecule has 28 heavy (non-hydrogen) atoms. The minimum absolute atomic E-state index is 0.0906. The third-order valence-electron chi connectivity index (χ3n) is 4.05. The van der Waals surface area contributed by atoms with Crippen LogP contribution in [0.15, 0.2) is 40.9 Å². The molecule has 6 nitrogen and oxygen atoms in total. The fourth-order valence-electron chi connectivity index (χ4n) is 2.67. The highest BCUT2D eigenvalue weighted by Gasteiger charge is 2.19. The lowest BCUT2D eigenvalue weighted by atomic mass is 10.0. The minimum atomic E-state index is -3.49. The fraction of sp³-hybridized carbons (Fsp3) is 0.211. The van der Waals surface area contributed by atoms with Crippen LogP contribution in [0.5, 0.6) is 11.5 Å². The summed E-state index contributed by atoms with van der Waals surface area (Å²) in [5, 5.41) is 3.90. The van der Waals surface area contributed by atoms with Crippen LogP contribution in [-0.2, 0) is 10.0 Å². The predicted molar refractivity (Wildman–Crippen MR) is 101 cm³/mol. The number of ether oxygens (including phenoxy) is 1. The van der Waals surface area contributed by atoms with Crippen LogP contribution in [0.1, 0.15) is 18.4 Å². The molecular formula is C19H18F2N2O4S. The van der Waals surface area contributed by atoms with Gasteiger partial charge < -0.3 is 9.26 Å². The highest BCUT2D eigenvalue weighted by Crippen LogP contribution is 2.39. The van der Waals surface area contributed by atoms with Crippen molar-refractivity contribution in [2.75, 3.05) is 10.5 Å². The van der Waals surface area contributed by atoms with Crippen LogP contribution < -0.4 is 9.46 Å². The van der Waals surface area contributed by atoms with Gasteiger partial charge in [-0.1, -0.05) is 5.16 Å². The molecule has 0 aliphatic carbocycles. The van der Waals surface area contributed by atoms with E-state index in [0.29, 0.717) is 34.3 Å². The van der Waals surface area contributed by atoms with E-state index in [0.717, 1.165) is 6.07 Å². The van der Waals surface area contributed by atoms with E-state index in [-0.39, 0.29) is 17.3 Å². The van der Waals surface area contributed by atoms with Gasteiger partial charge in [0.05, 0.1) is 17.0 Å². The SMILES string of the molecule is CCS(=O)(=O)Nc1ccc(Oc2ccc(F)cc2F)c(-c2c(C)noc2C)c1. The van der Waals surface area contributed by atoms with Crippen LogP contribution in [0, 0.1) is 25.5 Å². The molecule has 1 heterocycles. The molecule has 0 aliphatic heterocycles. The Bertz CT molecular complexity index is 1110. The van der Waals surface area contributed by atoms with Crippen LogP contribution in [0.25, 0.3) is 11.1 Å². The van der Waals surface area contributed by atoms with Gasteiger partial charge in [-0.05, 0) is 51.1 Å². The monoisotopic (exact) mass is 408 g/mol. The number of benzene rings is 2. The highest BCUT2D eigenvalue weighted by atomic mass is 32.2. The molecule has 0 spiro atoms. The van der Waals surface area contributed by atoms with Crippen molar-refractivity contribution in [1.82, 2.24) is 5.16 Å². The summed E-state index contributed by atoms with van der Waals surface area (Å²) in [5.74, 6) is -1.12.